The molecule has 1 aliphatic carbocycles. The number of carbonyl (C=O) groups excluding carboxylic acids is 2. The average molecular weight is 434 g/mol. The molecular formula is C26H31N3O3. The van der Waals surface area contributed by atoms with Gasteiger partial charge in [0.05, 0.1) is 11.3 Å². The molecule has 1 aromatic heterocycles. The summed E-state index contributed by atoms with van der Waals surface area (Å²) in [4.78, 5) is 31.5. The highest BCUT2D eigenvalue weighted by Crippen LogP contribution is 2.47. The van der Waals surface area contributed by atoms with E-state index in [4.69, 9.17) is 4.74 Å². The highest BCUT2D eigenvalue weighted by molar-refractivity contribution is 5.97. The van der Waals surface area contributed by atoms with Crippen molar-refractivity contribution in [3.05, 3.63) is 60.2 Å². The molecule has 6 nitrogen and oxygen atoms in total. The molecule has 6 heteroatoms. The molecule has 2 bridgehead atoms. The van der Waals surface area contributed by atoms with Gasteiger partial charge in [0.25, 0.3) is 0 Å². The number of anilines is 1. The van der Waals surface area contributed by atoms with Crippen molar-refractivity contribution in [2.45, 2.75) is 33.1 Å². The van der Waals surface area contributed by atoms with E-state index in [9.17, 15) is 9.59 Å². The van der Waals surface area contributed by atoms with E-state index in [1.165, 1.54) is 18.9 Å². The Hall–Kier alpha value is -2.99. The third-order valence-electron chi connectivity index (χ3n) is 6.79. The molecule has 2 fully saturated rings. The molecule has 0 spiro atoms. The summed E-state index contributed by atoms with van der Waals surface area (Å²) in [6.07, 6.45) is 3.33. The van der Waals surface area contributed by atoms with Crippen molar-refractivity contribution in [2.24, 2.45) is 11.3 Å². The number of amides is 1. The number of pyridine rings is 1. The largest absolute Gasteiger partial charge is 0.461 e. The predicted octanol–water partition coefficient (Wildman–Crippen LogP) is 4.54. The van der Waals surface area contributed by atoms with Gasteiger partial charge in [-0.3, -0.25) is 4.79 Å². The molecule has 1 saturated heterocycles. The first-order valence-electron chi connectivity index (χ1n) is 11.3. The van der Waals surface area contributed by atoms with Crippen molar-refractivity contribution in [3.63, 3.8) is 0 Å². The van der Waals surface area contributed by atoms with Crippen LogP contribution in [0.4, 0.5) is 5.82 Å². The maximum absolute atomic E-state index is 13.2. The van der Waals surface area contributed by atoms with Crippen molar-refractivity contribution in [2.75, 3.05) is 31.6 Å². The number of piperidine rings is 1. The van der Waals surface area contributed by atoms with Crippen LogP contribution in [0.3, 0.4) is 0 Å². The van der Waals surface area contributed by atoms with Gasteiger partial charge in [0, 0.05) is 31.0 Å². The summed E-state index contributed by atoms with van der Waals surface area (Å²) in [5.41, 5.74) is 2.85. The number of likely N-dealkylation sites (tertiary alicyclic amines) is 1. The van der Waals surface area contributed by atoms with Gasteiger partial charge in [-0.1, -0.05) is 49.8 Å². The maximum atomic E-state index is 13.2. The van der Waals surface area contributed by atoms with Gasteiger partial charge in [0.1, 0.15) is 12.4 Å². The van der Waals surface area contributed by atoms with E-state index in [2.05, 4.69) is 28.7 Å². The van der Waals surface area contributed by atoms with Crippen LogP contribution >= 0.6 is 0 Å². The fourth-order valence-electron chi connectivity index (χ4n) is 5.09. The number of ether oxygens (including phenoxy) is 1. The molecule has 168 valence electrons. The first-order valence-corrected chi connectivity index (χ1v) is 11.3. The maximum Gasteiger partial charge on any atom is 0.338 e. The second-order valence-corrected chi connectivity index (χ2v) is 8.93. The number of benzene rings is 1. The number of fused-ring (bicyclic) bond motifs is 2. The highest BCUT2D eigenvalue weighted by Gasteiger charge is 2.46. The van der Waals surface area contributed by atoms with Crippen molar-refractivity contribution < 1.29 is 14.3 Å². The Morgan fingerprint density at radius 3 is 2.84 bits per heavy atom. The summed E-state index contributed by atoms with van der Waals surface area (Å²) >= 11 is 0. The summed E-state index contributed by atoms with van der Waals surface area (Å²) in [7, 11) is 0. The van der Waals surface area contributed by atoms with E-state index in [1.807, 2.05) is 30.3 Å². The van der Waals surface area contributed by atoms with E-state index in [-0.39, 0.29) is 17.3 Å². The quantitative estimate of drug-likeness (QED) is 0.535. The molecule has 0 radical (unpaired) electrons. The Morgan fingerprint density at radius 1 is 1.25 bits per heavy atom. The lowest BCUT2D eigenvalue weighted by Gasteiger charge is -2.51. The molecule has 1 saturated carbocycles. The SMILES string of the molecule is C=C1[C@@H]2CCC[C@@]1(COC(=O)c1ccccc1-c1cccc(NC(C)=O)n1)CN(CC)C2. The lowest BCUT2D eigenvalue weighted by molar-refractivity contribution is -0.114. The van der Waals surface area contributed by atoms with Gasteiger partial charge in [0.2, 0.25) is 5.91 Å². The normalized spacial score (nSPS) is 22.9. The molecule has 4 rings (SSSR count). The van der Waals surface area contributed by atoms with Gasteiger partial charge >= 0.3 is 5.97 Å². The van der Waals surface area contributed by atoms with E-state index in [0.717, 1.165) is 32.5 Å². The van der Waals surface area contributed by atoms with Gasteiger partial charge in [-0.2, -0.15) is 0 Å². The van der Waals surface area contributed by atoms with Crippen LogP contribution in [0.5, 0.6) is 0 Å². The minimum atomic E-state index is -0.356. The van der Waals surface area contributed by atoms with Gasteiger partial charge in [0.15, 0.2) is 0 Å². The van der Waals surface area contributed by atoms with Crippen molar-refractivity contribution >= 4 is 17.7 Å². The molecule has 2 aromatic rings. The number of rotatable bonds is 6. The Morgan fingerprint density at radius 2 is 2.06 bits per heavy atom. The molecule has 1 aromatic carbocycles. The summed E-state index contributed by atoms with van der Waals surface area (Å²) in [6, 6.07) is 12.7. The summed E-state index contributed by atoms with van der Waals surface area (Å²) in [5, 5.41) is 2.69. The van der Waals surface area contributed by atoms with Crippen molar-refractivity contribution in [1.29, 1.82) is 0 Å². The van der Waals surface area contributed by atoms with E-state index in [0.29, 0.717) is 35.2 Å². The van der Waals surface area contributed by atoms with Crippen LogP contribution in [0.2, 0.25) is 0 Å². The smallest absolute Gasteiger partial charge is 0.338 e. The van der Waals surface area contributed by atoms with E-state index in [1.54, 1.807) is 12.1 Å². The zero-order valence-corrected chi connectivity index (χ0v) is 18.9. The van der Waals surface area contributed by atoms with Crippen LogP contribution in [-0.4, -0.2) is 48.0 Å². The summed E-state index contributed by atoms with van der Waals surface area (Å²) < 4.78 is 5.94. The minimum Gasteiger partial charge on any atom is -0.461 e. The standard InChI is InChI=1S/C26H31N3O3/c1-4-29-15-20-9-8-14-26(16-29,18(20)2)17-32-25(31)22-11-6-5-10-21(22)23-12-7-13-24(28-23)27-19(3)30/h5-7,10-13,20H,2,4,8-9,14-17H2,1,3H3,(H,27,28,30)/t20-,26+/m1/s1. The Kier molecular flexibility index (Phi) is 6.42. The molecular weight excluding hydrogens is 402 g/mol. The number of aromatic nitrogens is 1. The summed E-state index contributed by atoms with van der Waals surface area (Å²) in [6.45, 7) is 11.4. The number of esters is 1. The molecule has 1 amide bonds. The second-order valence-electron chi connectivity index (χ2n) is 8.93. The third kappa shape index (κ3) is 4.46. The van der Waals surface area contributed by atoms with Crippen LogP contribution < -0.4 is 5.32 Å². The lowest BCUT2D eigenvalue weighted by Crippen LogP contribution is -2.53. The zero-order chi connectivity index (χ0) is 22.7. The second kappa shape index (κ2) is 9.25. The van der Waals surface area contributed by atoms with Crippen LogP contribution in [-0.2, 0) is 9.53 Å². The van der Waals surface area contributed by atoms with Gasteiger partial charge < -0.3 is 15.0 Å². The molecule has 2 atom stereocenters. The molecule has 1 N–H and O–H groups in total. The fourth-order valence-corrected chi connectivity index (χ4v) is 5.09. The zero-order valence-electron chi connectivity index (χ0n) is 18.9. The van der Waals surface area contributed by atoms with Gasteiger partial charge in [-0.05, 0) is 43.5 Å². The van der Waals surface area contributed by atoms with Crippen LogP contribution in [0.1, 0.15) is 43.5 Å². The van der Waals surface area contributed by atoms with E-state index >= 15 is 0 Å². The Bertz CT molecular complexity index is 1030. The third-order valence-corrected chi connectivity index (χ3v) is 6.79. The van der Waals surface area contributed by atoms with Crippen LogP contribution in [0, 0.1) is 11.3 Å². The number of hydrogen-bond donors (Lipinski definition) is 1. The van der Waals surface area contributed by atoms with Crippen LogP contribution in [0.15, 0.2) is 54.6 Å². The number of nitrogens with zero attached hydrogens (tertiary/aromatic N) is 2. The average Bonchev–Trinajstić information content (AvgIpc) is 2.78. The Labute approximate surface area is 189 Å². The number of nitrogens with one attached hydrogen (secondary N) is 1. The molecule has 32 heavy (non-hydrogen) atoms. The molecule has 2 heterocycles. The number of hydrogen-bond acceptors (Lipinski definition) is 5. The fraction of sp³-hybridized carbons (Fsp3) is 0.423. The van der Waals surface area contributed by atoms with Gasteiger partial charge in [-0.25, -0.2) is 9.78 Å². The molecule has 0 unspecified atom stereocenters. The number of carbonyl (C=O) groups is 2. The van der Waals surface area contributed by atoms with Crippen molar-refractivity contribution in [1.82, 2.24) is 9.88 Å². The minimum absolute atomic E-state index is 0.161. The first kappa shape index (κ1) is 22.2. The monoisotopic (exact) mass is 433 g/mol. The predicted molar refractivity (Wildman–Crippen MR) is 125 cm³/mol. The Balaban J connectivity index is 1.55. The lowest BCUT2D eigenvalue weighted by atomic mass is 9.63. The van der Waals surface area contributed by atoms with Crippen LogP contribution in [0.25, 0.3) is 11.3 Å². The van der Waals surface area contributed by atoms with Crippen molar-refractivity contribution in [3.8, 4) is 11.3 Å². The first-order chi connectivity index (χ1) is 15.4. The topological polar surface area (TPSA) is 71.5 Å². The summed E-state index contributed by atoms with van der Waals surface area (Å²) in [5.74, 6) is 0.388. The van der Waals surface area contributed by atoms with Gasteiger partial charge in [-0.15, -0.1) is 0 Å². The molecule has 1 aliphatic heterocycles. The molecule has 2 aliphatic rings. The van der Waals surface area contributed by atoms with E-state index < -0.39 is 0 Å². The highest BCUT2D eigenvalue weighted by atomic mass is 16.5.